The van der Waals surface area contributed by atoms with Crippen molar-refractivity contribution < 1.29 is 14.2 Å². The highest BCUT2D eigenvalue weighted by Crippen LogP contribution is 2.44. The Labute approximate surface area is 230 Å². The van der Waals surface area contributed by atoms with Crippen LogP contribution in [0, 0.1) is 0 Å². The van der Waals surface area contributed by atoms with Crippen LogP contribution in [0.4, 0.5) is 5.69 Å². The molecule has 0 radical (unpaired) electrons. The number of nitrogens with one attached hydrogen (secondary N) is 1. The number of halogens is 1. The highest BCUT2D eigenvalue weighted by Gasteiger charge is 2.45. The monoisotopic (exact) mass is 527 g/mol. The van der Waals surface area contributed by atoms with E-state index in [0.717, 1.165) is 39.6 Å². The van der Waals surface area contributed by atoms with Crippen LogP contribution in [-0.2, 0) is 29.0 Å². The van der Waals surface area contributed by atoms with E-state index in [2.05, 4.69) is 67.7 Å². The summed E-state index contributed by atoms with van der Waals surface area (Å²) in [6.45, 7) is 5.88. The average molecular weight is 528 g/mol. The van der Waals surface area contributed by atoms with E-state index in [9.17, 15) is 0 Å². The van der Waals surface area contributed by atoms with Gasteiger partial charge in [0, 0.05) is 22.8 Å². The molecule has 0 bridgehead atoms. The molecule has 5 heteroatoms. The maximum Gasteiger partial charge on any atom is 0.132 e. The van der Waals surface area contributed by atoms with Crippen molar-refractivity contribution in [1.29, 1.82) is 0 Å². The standard InChI is InChI=1S/C33H34ClNO3/c1-33(2)32(37-23-25-12-7-4-8-13-25)31(36-19-18-24-10-5-3-6-11-24)29-21-28(16-17-30(29)38-33)35-22-26-14-9-15-27(34)20-26/h3-17,20-21,31-32,35H,18-19,22-23H2,1-2H3. The molecule has 0 amide bonds. The molecule has 4 aromatic carbocycles. The number of fused-ring (bicyclic) bond motifs is 1. The number of anilines is 1. The molecule has 1 aliphatic rings. The molecular formula is C33H34ClNO3. The molecule has 0 saturated carbocycles. The molecular weight excluding hydrogens is 494 g/mol. The highest BCUT2D eigenvalue weighted by atomic mass is 35.5. The summed E-state index contributed by atoms with van der Waals surface area (Å²) in [7, 11) is 0. The third-order valence-corrected chi connectivity index (χ3v) is 7.07. The Morgan fingerprint density at radius 3 is 2.24 bits per heavy atom. The Balaban J connectivity index is 1.39. The van der Waals surface area contributed by atoms with Crippen LogP contribution in [0.15, 0.2) is 103 Å². The number of ether oxygens (including phenoxy) is 3. The minimum atomic E-state index is -0.574. The first kappa shape index (κ1) is 26.3. The van der Waals surface area contributed by atoms with Gasteiger partial charge in [-0.15, -0.1) is 0 Å². The van der Waals surface area contributed by atoms with Crippen molar-refractivity contribution in [3.05, 3.63) is 130 Å². The van der Waals surface area contributed by atoms with E-state index in [1.165, 1.54) is 5.56 Å². The lowest BCUT2D eigenvalue weighted by molar-refractivity contribution is -0.167. The zero-order chi connectivity index (χ0) is 26.4. The van der Waals surface area contributed by atoms with Gasteiger partial charge in [-0.3, -0.25) is 0 Å². The fraction of sp³-hybridized carbons (Fsp3) is 0.273. The molecule has 1 aliphatic heterocycles. The molecule has 2 unspecified atom stereocenters. The Hall–Kier alpha value is -3.31. The van der Waals surface area contributed by atoms with Crippen LogP contribution in [0.2, 0.25) is 5.02 Å². The quantitative estimate of drug-likeness (QED) is 0.227. The maximum absolute atomic E-state index is 6.63. The van der Waals surface area contributed by atoms with Gasteiger partial charge in [0.15, 0.2) is 0 Å². The van der Waals surface area contributed by atoms with Crippen molar-refractivity contribution in [1.82, 2.24) is 0 Å². The predicted molar refractivity (Wildman–Crippen MR) is 154 cm³/mol. The van der Waals surface area contributed by atoms with Crippen molar-refractivity contribution in [2.24, 2.45) is 0 Å². The van der Waals surface area contributed by atoms with E-state index in [4.69, 9.17) is 25.8 Å². The third kappa shape index (κ3) is 6.57. The van der Waals surface area contributed by atoms with Gasteiger partial charge in [0.1, 0.15) is 23.6 Å². The SMILES string of the molecule is CC1(C)Oc2ccc(NCc3cccc(Cl)c3)cc2C(OCCc2ccccc2)C1OCc1ccccc1. The van der Waals surface area contributed by atoms with Gasteiger partial charge in [0.2, 0.25) is 0 Å². The molecule has 1 N–H and O–H groups in total. The second-order valence-corrected chi connectivity index (χ2v) is 10.6. The van der Waals surface area contributed by atoms with E-state index < -0.39 is 5.60 Å². The first-order valence-electron chi connectivity index (χ1n) is 13.1. The van der Waals surface area contributed by atoms with Gasteiger partial charge < -0.3 is 19.5 Å². The second kappa shape index (κ2) is 12.0. The Kier molecular flexibility index (Phi) is 8.33. The van der Waals surface area contributed by atoms with Crippen molar-refractivity contribution in [2.45, 2.75) is 51.2 Å². The molecule has 2 atom stereocenters. The van der Waals surface area contributed by atoms with Crippen molar-refractivity contribution in [2.75, 3.05) is 11.9 Å². The van der Waals surface area contributed by atoms with Gasteiger partial charge in [-0.25, -0.2) is 0 Å². The summed E-state index contributed by atoms with van der Waals surface area (Å²) in [5, 5.41) is 4.26. The van der Waals surface area contributed by atoms with E-state index in [0.29, 0.717) is 19.8 Å². The van der Waals surface area contributed by atoms with Crippen LogP contribution in [0.5, 0.6) is 5.75 Å². The smallest absolute Gasteiger partial charge is 0.132 e. The van der Waals surface area contributed by atoms with Crippen LogP contribution in [0.3, 0.4) is 0 Å². The molecule has 0 spiro atoms. The van der Waals surface area contributed by atoms with Crippen molar-refractivity contribution in [3.8, 4) is 5.75 Å². The minimum absolute atomic E-state index is 0.283. The number of hydrogen-bond acceptors (Lipinski definition) is 4. The Morgan fingerprint density at radius 2 is 1.50 bits per heavy atom. The summed E-state index contributed by atoms with van der Waals surface area (Å²) in [6, 6.07) is 34.7. The molecule has 5 rings (SSSR count). The summed E-state index contributed by atoms with van der Waals surface area (Å²) in [5.41, 5.74) is 4.89. The summed E-state index contributed by atoms with van der Waals surface area (Å²) in [4.78, 5) is 0. The number of hydrogen-bond donors (Lipinski definition) is 1. The lowest BCUT2D eigenvalue weighted by Crippen LogP contribution is -2.51. The van der Waals surface area contributed by atoms with Crippen LogP contribution >= 0.6 is 11.6 Å². The fourth-order valence-electron chi connectivity index (χ4n) is 4.87. The largest absolute Gasteiger partial charge is 0.485 e. The third-order valence-electron chi connectivity index (χ3n) is 6.84. The van der Waals surface area contributed by atoms with E-state index in [-0.39, 0.29) is 12.2 Å². The molecule has 4 nitrogen and oxygen atoms in total. The minimum Gasteiger partial charge on any atom is -0.485 e. The van der Waals surface area contributed by atoms with Gasteiger partial charge >= 0.3 is 0 Å². The maximum atomic E-state index is 6.63. The topological polar surface area (TPSA) is 39.7 Å². The van der Waals surface area contributed by atoms with Gasteiger partial charge in [0.05, 0.1) is 13.2 Å². The first-order valence-corrected chi connectivity index (χ1v) is 13.5. The molecule has 0 fully saturated rings. The zero-order valence-corrected chi connectivity index (χ0v) is 22.7. The molecule has 196 valence electrons. The average Bonchev–Trinajstić information content (AvgIpc) is 2.92. The van der Waals surface area contributed by atoms with Crippen LogP contribution in [0.1, 0.15) is 42.2 Å². The fourth-order valence-corrected chi connectivity index (χ4v) is 5.08. The summed E-state index contributed by atoms with van der Waals surface area (Å²) < 4.78 is 19.7. The van der Waals surface area contributed by atoms with Crippen molar-refractivity contribution >= 4 is 17.3 Å². The van der Waals surface area contributed by atoms with Crippen molar-refractivity contribution in [3.63, 3.8) is 0 Å². The lowest BCUT2D eigenvalue weighted by atomic mass is 9.87. The molecule has 0 aliphatic carbocycles. The molecule has 1 heterocycles. The molecule has 0 saturated heterocycles. The molecule has 38 heavy (non-hydrogen) atoms. The molecule has 0 aromatic heterocycles. The predicted octanol–water partition coefficient (Wildman–Crippen LogP) is 8.01. The summed E-state index contributed by atoms with van der Waals surface area (Å²) in [5.74, 6) is 0.826. The zero-order valence-electron chi connectivity index (χ0n) is 21.9. The Bertz CT molecular complexity index is 1330. The normalized spacial score (nSPS) is 17.9. The van der Waals surface area contributed by atoms with Gasteiger partial charge in [-0.05, 0) is 67.3 Å². The first-order chi connectivity index (χ1) is 18.5. The van der Waals surface area contributed by atoms with E-state index in [1.54, 1.807) is 0 Å². The van der Waals surface area contributed by atoms with Gasteiger partial charge in [-0.2, -0.15) is 0 Å². The number of benzene rings is 4. The van der Waals surface area contributed by atoms with E-state index in [1.807, 2.05) is 54.6 Å². The van der Waals surface area contributed by atoms with Gasteiger partial charge in [-0.1, -0.05) is 84.4 Å². The van der Waals surface area contributed by atoms with Gasteiger partial charge in [0.25, 0.3) is 0 Å². The highest BCUT2D eigenvalue weighted by molar-refractivity contribution is 6.30. The Morgan fingerprint density at radius 1 is 0.789 bits per heavy atom. The van der Waals surface area contributed by atoms with Crippen LogP contribution in [0.25, 0.3) is 0 Å². The summed E-state index contributed by atoms with van der Waals surface area (Å²) in [6.07, 6.45) is 0.245. The van der Waals surface area contributed by atoms with E-state index >= 15 is 0 Å². The van der Waals surface area contributed by atoms with Crippen LogP contribution in [-0.4, -0.2) is 18.3 Å². The van der Waals surface area contributed by atoms with Crippen LogP contribution < -0.4 is 10.1 Å². The lowest BCUT2D eigenvalue weighted by Gasteiger charge is -2.44. The number of rotatable bonds is 10. The second-order valence-electron chi connectivity index (χ2n) is 10.2. The molecule has 4 aromatic rings. The summed E-state index contributed by atoms with van der Waals surface area (Å²) >= 11 is 6.18.